The van der Waals surface area contributed by atoms with Gasteiger partial charge in [-0.05, 0) is 48.5 Å². The fraction of sp³-hybridized carbons (Fsp3) is 0.118. The molecule has 0 heterocycles. The molecule has 5 nitrogen and oxygen atoms in total. The summed E-state index contributed by atoms with van der Waals surface area (Å²) in [6.07, 6.45) is 0.404. The highest BCUT2D eigenvalue weighted by Crippen LogP contribution is 2.13. The number of carbonyl (C=O) groups excluding carboxylic acids is 2. The lowest BCUT2D eigenvalue weighted by Crippen LogP contribution is -2.13. The minimum absolute atomic E-state index is 0.0743. The molecular formula is C17H15N3O2. The first kappa shape index (κ1) is 15.3. The maximum Gasteiger partial charge on any atom is 0.255 e. The molecule has 2 aromatic rings. The Hall–Kier alpha value is -3.13. The second kappa shape index (κ2) is 7.04. The number of nitriles is 1. The molecule has 0 fully saturated rings. The van der Waals surface area contributed by atoms with Gasteiger partial charge in [0, 0.05) is 23.4 Å². The lowest BCUT2D eigenvalue weighted by atomic mass is 10.1. The molecule has 0 aliphatic heterocycles. The molecule has 22 heavy (non-hydrogen) atoms. The van der Waals surface area contributed by atoms with Gasteiger partial charge >= 0.3 is 0 Å². The average Bonchev–Trinajstić information content (AvgIpc) is 2.56. The molecule has 0 aliphatic carbocycles. The van der Waals surface area contributed by atoms with Crippen LogP contribution in [0.4, 0.5) is 11.4 Å². The minimum atomic E-state index is -0.252. The molecule has 0 radical (unpaired) electrons. The second-order valence-electron chi connectivity index (χ2n) is 4.62. The largest absolute Gasteiger partial charge is 0.326 e. The fourth-order valence-electron chi connectivity index (χ4n) is 1.79. The predicted octanol–water partition coefficient (Wildman–Crippen LogP) is 3.16. The van der Waals surface area contributed by atoms with Crippen LogP contribution in [0.1, 0.15) is 29.3 Å². The van der Waals surface area contributed by atoms with Gasteiger partial charge in [0.05, 0.1) is 11.6 Å². The highest BCUT2D eigenvalue weighted by Gasteiger charge is 2.06. The maximum atomic E-state index is 12.1. The third kappa shape index (κ3) is 3.93. The molecular weight excluding hydrogens is 278 g/mol. The Morgan fingerprint density at radius 2 is 1.50 bits per heavy atom. The van der Waals surface area contributed by atoms with Gasteiger partial charge in [-0.2, -0.15) is 5.26 Å². The zero-order valence-electron chi connectivity index (χ0n) is 12.1. The third-order valence-electron chi connectivity index (χ3n) is 3.02. The first-order chi connectivity index (χ1) is 10.6. The number of anilines is 2. The van der Waals surface area contributed by atoms with Crippen molar-refractivity contribution in [3.8, 4) is 6.07 Å². The van der Waals surface area contributed by atoms with Gasteiger partial charge in [0.2, 0.25) is 5.91 Å². The van der Waals surface area contributed by atoms with Crippen molar-refractivity contribution >= 4 is 23.2 Å². The Kier molecular flexibility index (Phi) is 4.89. The van der Waals surface area contributed by atoms with Crippen molar-refractivity contribution in [1.29, 1.82) is 5.26 Å². The van der Waals surface area contributed by atoms with Crippen LogP contribution in [-0.4, -0.2) is 11.8 Å². The van der Waals surface area contributed by atoms with E-state index >= 15 is 0 Å². The quantitative estimate of drug-likeness (QED) is 0.908. The number of carbonyl (C=O) groups is 2. The molecule has 0 unspecified atom stereocenters. The Balaban J connectivity index is 2.03. The number of nitrogens with zero attached hydrogens (tertiary/aromatic N) is 1. The molecule has 2 rings (SSSR count). The van der Waals surface area contributed by atoms with Crippen molar-refractivity contribution in [2.24, 2.45) is 0 Å². The van der Waals surface area contributed by atoms with E-state index in [1.165, 1.54) is 0 Å². The molecule has 0 spiro atoms. The second-order valence-corrected chi connectivity index (χ2v) is 4.62. The third-order valence-corrected chi connectivity index (χ3v) is 3.02. The zero-order valence-corrected chi connectivity index (χ0v) is 12.1. The monoisotopic (exact) mass is 293 g/mol. The average molecular weight is 293 g/mol. The topological polar surface area (TPSA) is 82.0 Å². The summed E-state index contributed by atoms with van der Waals surface area (Å²) in [7, 11) is 0. The molecule has 0 aromatic heterocycles. The van der Waals surface area contributed by atoms with E-state index in [9.17, 15) is 9.59 Å². The summed E-state index contributed by atoms with van der Waals surface area (Å²) in [6, 6.07) is 15.3. The Morgan fingerprint density at radius 1 is 0.955 bits per heavy atom. The van der Waals surface area contributed by atoms with E-state index in [0.29, 0.717) is 28.9 Å². The normalized spacial score (nSPS) is 9.64. The van der Waals surface area contributed by atoms with Gasteiger partial charge < -0.3 is 10.6 Å². The SMILES string of the molecule is CCC(=O)Nc1ccc(C(=O)Nc2ccc(C#N)cc2)cc1. The summed E-state index contributed by atoms with van der Waals surface area (Å²) in [5.41, 5.74) is 2.29. The van der Waals surface area contributed by atoms with Crippen LogP contribution < -0.4 is 10.6 Å². The smallest absolute Gasteiger partial charge is 0.255 e. The van der Waals surface area contributed by atoms with Gasteiger partial charge in [-0.25, -0.2) is 0 Å². The van der Waals surface area contributed by atoms with E-state index in [0.717, 1.165) is 0 Å². The first-order valence-electron chi connectivity index (χ1n) is 6.84. The summed E-state index contributed by atoms with van der Waals surface area (Å²) in [6.45, 7) is 1.77. The van der Waals surface area contributed by atoms with Gasteiger partial charge in [0.1, 0.15) is 0 Å². The van der Waals surface area contributed by atoms with E-state index in [2.05, 4.69) is 10.6 Å². The Labute approximate surface area is 128 Å². The van der Waals surface area contributed by atoms with E-state index < -0.39 is 0 Å². The minimum Gasteiger partial charge on any atom is -0.326 e. The van der Waals surface area contributed by atoms with Crippen molar-refractivity contribution in [1.82, 2.24) is 0 Å². The molecule has 2 aromatic carbocycles. The molecule has 2 amide bonds. The number of hydrogen-bond donors (Lipinski definition) is 2. The molecule has 0 saturated heterocycles. The predicted molar refractivity (Wildman–Crippen MR) is 84.5 cm³/mol. The summed E-state index contributed by atoms with van der Waals surface area (Å²) in [4.78, 5) is 23.4. The summed E-state index contributed by atoms with van der Waals surface area (Å²) >= 11 is 0. The first-order valence-corrected chi connectivity index (χ1v) is 6.84. The van der Waals surface area contributed by atoms with Crippen LogP contribution >= 0.6 is 0 Å². The maximum absolute atomic E-state index is 12.1. The molecule has 0 saturated carbocycles. The van der Waals surface area contributed by atoms with Crippen LogP contribution in [0.3, 0.4) is 0 Å². The molecule has 0 bridgehead atoms. The van der Waals surface area contributed by atoms with Crippen molar-refractivity contribution in [3.05, 3.63) is 59.7 Å². The van der Waals surface area contributed by atoms with Crippen molar-refractivity contribution in [2.45, 2.75) is 13.3 Å². The Bertz CT molecular complexity index is 713. The summed E-state index contributed by atoms with van der Waals surface area (Å²) in [5.74, 6) is -0.326. The molecule has 110 valence electrons. The Morgan fingerprint density at radius 3 is 2.05 bits per heavy atom. The highest BCUT2D eigenvalue weighted by atomic mass is 16.2. The lowest BCUT2D eigenvalue weighted by molar-refractivity contribution is -0.115. The van der Waals surface area contributed by atoms with E-state index in [1.54, 1.807) is 55.5 Å². The molecule has 2 N–H and O–H groups in total. The van der Waals surface area contributed by atoms with Gasteiger partial charge in [-0.1, -0.05) is 6.92 Å². The van der Waals surface area contributed by atoms with Crippen LogP contribution in [0.25, 0.3) is 0 Å². The van der Waals surface area contributed by atoms with Crippen molar-refractivity contribution in [3.63, 3.8) is 0 Å². The molecule has 5 heteroatoms. The fourth-order valence-corrected chi connectivity index (χ4v) is 1.79. The highest BCUT2D eigenvalue weighted by molar-refractivity contribution is 6.04. The molecule has 0 atom stereocenters. The van der Waals surface area contributed by atoms with Crippen molar-refractivity contribution < 1.29 is 9.59 Å². The number of benzene rings is 2. The van der Waals surface area contributed by atoms with Gasteiger partial charge in [0.15, 0.2) is 0 Å². The van der Waals surface area contributed by atoms with Crippen molar-refractivity contribution in [2.75, 3.05) is 10.6 Å². The number of amides is 2. The van der Waals surface area contributed by atoms with Crippen LogP contribution in [0.2, 0.25) is 0 Å². The summed E-state index contributed by atoms with van der Waals surface area (Å²) in [5, 5.41) is 14.2. The standard InChI is InChI=1S/C17H15N3O2/c1-2-16(21)19-14-9-5-13(6-10-14)17(22)20-15-7-3-12(11-18)4-8-15/h3-10H,2H2,1H3,(H,19,21)(H,20,22). The van der Waals surface area contributed by atoms with Crippen LogP contribution in [0.15, 0.2) is 48.5 Å². The zero-order chi connectivity index (χ0) is 15.9. The number of rotatable bonds is 4. The van der Waals surface area contributed by atoms with Gasteiger partial charge in [-0.15, -0.1) is 0 Å². The van der Waals surface area contributed by atoms with Gasteiger partial charge in [0.25, 0.3) is 5.91 Å². The number of hydrogen-bond acceptors (Lipinski definition) is 3. The summed E-state index contributed by atoms with van der Waals surface area (Å²) < 4.78 is 0. The molecule has 0 aliphatic rings. The van der Waals surface area contributed by atoms with Gasteiger partial charge in [-0.3, -0.25) is 9.59 Å². The van der Waals surface area contributed by atoms with E-state index in [-0.39, 0.29) is 11.8 Å². The lowest BCUT2D eigenvalue weighted by Gasteiger charge is -2.07. The van der Waals surface area contributed by atoms with Crippen LogP contribution in [-0.2, 0) is 4.79 Å². The van der Waals surface area contributed by atoms with Crippen LogP contribution in [0.5, 0.6) is 0 Å². The van der Waals surface area contributed by atoms with E-state index in [4.69, 9.17) is 5.26 Å². The number of nitrogens with one attached hydrogen (secondary N) is 2. The van der Waals surface area contributed by atoms with E-state index in [1.807, 2.05) is 6.07 Å². The van der Waals surface area contributed by atoms with Crippen LogP contribution in [0, 0.1) is 11.3 Å².